The highest BCUT2D eigenvalue weighted by atomic mass is 16.5. The molecule has 0 fully saturated rings. The number of phenolic OH excluding ortho intramolecular Hbond substituents is 1. The van der Waals surface area contributed by atoms with Gasteiger partial charge in [0.25, 0.3) is 0 Å². The number of nitrogens with one attached hydrogen (secondary N) is 1. The molecule has 0 aliphatic heterocycles. The quantitative estimate of drug-likeness (QED) is 0.686. The average Bonchev–Trinajstić information content (AvgIpc) is 3.10. The van der Waals surface area contributed by atoms with E-state index in [-0.39, 0.29) is 11.4 Å². The second-order valence-electron chi connectivity index (χ2n) is 6.55. The van der Waals surface area contributed by atoms with E-state index in [1.165, 1.54) is 4.90 Å². The van der Waals surface area contributed by atoms with E-state index in [2.05, 4.69) is 0 Å². The minimum absolute atomic E-state index is 0.168. The molecular weight excluding hydrogens is 322 g/mol. The molecule has 0 amide bonds. The van der Waals surface area contributed by atoms with E-state index in [9.17, 15) is 9.90 Å². The van der Waals surface area contributed by atoms with Gasteiger partial charge in [-0.05, 0) is 37.0 Å². The van der Waals surface area contributed by atoms with Crippen LogP contribution in [0.5, 0.6) is 5.75 Å². The highest BCUT2D eigenvalue weighted by molar-refractivity contribution is 5.86. The Morgan fingerprint density at radius 1 is 1.12 bits per heavy atom. The van der Waals surface area contributed by atoms with E-state index in [0.717, 1.165) is 48.9 Å². The van der Waals surface area contributed by atoms with Gasteiger partial charge in [0.15, 0.2) is 5.58 Å². The summed E-state index contributed by atoms with van der Waals surface area (Å²) in [6, 6.07) is 3.58. The fourth-order valence-corrected chi connectivity index (χ4v) is 3.61. The first-order valence-corrected chi connectivity index (χ1v) is 8.76. The summed E-state index contributed by atoms with van der Waals surface area (Å²) >= 11 is 0. The zero-order valence-electron chi connectivity index (χ0n) is 14.9. The van der Waals surface area contributed by atoms with Gasteiger partial charge in [-0.15, -0.1) is 0 Å². The molecule has 0 atom stereocenters. The molecule has 0 radical (unpaired) electrons. The fourth-order valence-electron chi connectivity index (χ4n) is 3.61. The van der Waals surface area contributed by atoms with Crippen molar-refractivity contribution in [1.29, 1.82) is 0 Å². The lowest BCUT2D eigenvalue weighted by Crippen LogP contribution is -3.11. The predicted octanol–water partition coefficient (Wildman–Crippen LogP) is 0.665. The second-order valence-corrected chi connectivity index (χ2v) is 6.55. The van der Waals surface area contributed by atoms with Crippen LogP contribution in [0.4, 0.5) is 0 Å². The number of ether oxygens (including phenoxy) is 2. The summed E-state index contributed by atoms with van der Waals surface area (Å²) in [6.07, 6.45) is 2.66. The Morgan fingerprint density at radius 2 is 1.80 bits per heavy atom. The van der Waals surface area contributed by atoms with Crippen LogP contribution in [0.3, 0.4) is 0 Å². The van der Waals surface area contributed by atoms with Crippen LogP contribution >= 0.6 is 0 Å². The third-order valence-electron chi connectivity index (χ3n) is 4.97. The maximum Gasteiger partial charge on any atom is 0.339 e. The van der Waals surface area contributed by atoms with Gasteiger partial charge in [0.2, 0.25) is 0 Å². The van der Waals surface area contributed by atoms with Crippen LogP contribution in [0.15, 0.2) is 21.3 Å². The van der Waals surface area contributed by atoms with Gasteiger partial charge in [-0.2, -0.15) is 0 Å². The number of fused-ring (bicyclic) bond motifs is 3. The SMILES string of the molecule is COCC[NH+](CCOC)Cc1c(O)ccc2c3c(c(=O)oc12)CCC3. The van der Waals surface area contributed by atoms with Crippen molar-refractivity contribution in [2.24, 2.45) is 0 Å². The van der Waals surface area contributed by atoms with Crippen molar-refractivity contribution in [2.45, 2.75) is 25.8 Å². The van der Waals surface area contributed by atoms with Gasteiger partial charge in [-0.1, -0.05) is 0 Å². The van der Waals surface area contributed by atoms with Crippen LogP contribution in [0.25, 0.3) is 11.0 Å². The lowest BCUT2D eigenvalue weighted by Gasteiger charge is -2.20. The number of methoxy groups -OCH3 is 2. The van der Waals surface area contributed by atoms with Crippen LogP contribution in [-0.2, 0) is 28.9 Å². The molecule has 2 aromatic rings. The van der Waals surface area contributed by atoms with Crippen molar-refractivity contribution in [3.8, 4) is 5.75 Å². The summed E-state index contributed by atoms with van der Waals surface area (Å²) in [5, 5.41) is 11.4. The lowest BCUT2D eigenvalue weighted by molar-refractivity contribution is -0.914. The average molecular weight is 348 g/mol. The van der Waals surface area contributed by atoms with E-state index < -0.39 is 0 Å². The number of aromatic hydroxyl groups is 1. The Balaban J connectivity index is 2.01. The molecule has 1 aliphatic carbocycles. The topological polar surface area (TPSA) is 73.3 Å². The largest absolute Gasteiger partial charge is 0.507 e. The third-order valence-corrected chi connectivity index (χ3v) is 4.97. The zero-order chi connectivity index (χ0) is 17.8. The van der Waals surface area contributed by atoms with Gasteiger partial charge in [0.05, 0.1) is 18.8 Å². The Morgan fingerprint density at radius 3 is 2.48 bits per heavy atom. The standard InChI is InChI=1S/C19H25NO5/c1-23-10-8-20(9-11-24-2)12-16-17(21)7-6-14-13-4-3-5-15(13)19(22)25-18(14)16/h6-7,21H,3-5,8-12H2,1-2H3/p+1. The molecule has 1 aromatic carbocycles. The number of phenols is 1. The molecule has 0 bridgehead atoms. The van der Waals surface area contributed by atoms with E-state index in [1.807, 2.05) is 6.07 Å². The second kappa shape index (κ2) is 7.99. The normalized spacial score (nSPS) is 13.7. The van der Waals surface area contributed by atoms with E-state index >= 15 is 0 Å². The van der Waals surface area contributed by atoms with Crippen molar-refractivity contribution < 1.29 is 23.9 Å². The fraction of sp³-hybridized carbons (Fsp3) is 0.526. The summed E-state index contributed by atoms with van der Waals surface area (Å²) in [6.45, 7) is 3.35. The van der Waals surface area contributed by atoms with Crippen LogP contribution < -0.4 is 10.5 Å². The Labute approximate surface area is 147 Å². The molecule has 6 nitrogen and oxygen atoms in total. The lowest BCUT2D eigenvalue weighted by atomic mass is 10.0. The highest BCUT2D eigenvalue weighted by Crippen LogP contribution is 2.32. The first kappa shape index (κ1) is 17.9. The first-order chi connectivity index (χ1) is 12.2. The molecule has 136 valence electrons. The molecule has 0 spiro atoms. The van der Waals surface area contributed by atoms with E-state index in [0.29, 0.717) is 30.9 Å². The monoisotopic (exact) mass is 348 g/mol. The summed E-state index contributed by atoms with van der Waals surface area (Å²) in [7, 11) is 3.34. The van der Waals surface area contributed by atoms with Gasteiger partial charge < -0.3 is 23.9 Å². The van der Waals surface area contributed by atoms with Crippen molar-refractivity contribution in [3.05, 3.63) is 39.2 Å². The summed E-state index contributed by atoms with van der Waals surface area (Å²) in [5.41, 5.74) is 2.83. The summed E-state index contributed by atoms with van der Waals surface area (Å²) < 4.78 is 16.0. The Hall–Kier alpha value is -1.89. The summed E-state index contributed by atoms with van der Waals surface area (Å²) in [5.74, 6) is 0.168. The molecule has 25 heavy (non-hydrogen) atoms. The number of aryl methyl sites for hydroxylation is 1. The molecular formula is C19H26NO5+. The minimum atomic E-state index is -0.262. The van der Waals surface area contributed by atoms with E-state index in [4.69, 9.17) is 13.9 Å². The van der Waals surface area contributed by atoms with Crippen LogP contribution in [0.1, 0.15) is 23.1 Å². The van der Waals surface area contributed by atoms with Gasteiger partial charge in [0, 0.05) is 25.2 Å². The predicted molar refractivity (Wildman–Crippen MR) is 94.3 cm³/mol. The zero-order valence-corrected chi connectivity index (χ0v) is 14.9. The van der Waals surface area contributed by atoms with Crippen LogP contribution in [0.2, 0.25) is 0 Å². The van der Waals surface area contributed by atoms with Gasteiger partial charge in [-0.3, -0.25) is 0 Å². The van der Waals surface area contributed by atoms with Gasteiger partial charge in [-0.25, -0.2) is 4.79 Å². The highest BCUT2D eigenvalue weighted by Gasteiger charge is 2.24. The Bertz CT molecular complexity index is 790. The van der Waals surface area contributed by atoms with Crippen molar-refractivity contribution in [1.82, 2.24) is 0 Å². The third kappa shape index (κ3) is 3.71. The first-order valence-electron chi connectivity index (χ1n) is 8.76. The molecule has 1 aromatic heterocycles. The maximum absolute atomic E-state index is 12.3. The Kier molecular flexibility index (Phi) is 5.73. The molecule has 6 heteroatoms. The molecule has 1 aliphatic rings. The molecule has 2 N–H and O–H groups in total. The molecule has 1 heterocycles. The number of hydrogen-bond acceptors (Lipinski definition) is 5. The molecule has 0 saturated heterocycles. The van der Waals surface area contributed by atoms with Gasteiger partial charge >= 0.3 is 5.63 Å². The van der Waals surface area contributed by atoms with Crippen LogP contribution in [0, 0.1) is 0 Å². The minimum Gasteiger partial charge on any atom is -0.507 e. The summed E-state index contributed by atoms with van der Waals surface area (Å²) in [4.78, 5) is 13.5. The number of quaternary nitrogens is 1. The van der Waals surface area contributed by atoms with Crippen molar-refractivity contribution >= 4 is 11.0 Å². The smallest absolute Gasteiger partial charge is 0.339 e. The molecule has 3 rings (SSSR count). The van der Waals surface area contributed by atoms with Crippen LogP contribution in [-0.4, -0.2) is 45.6 Å². The molecule has 0 saturated carbocycles. The maximum atomic E-state index is 12.3. The number of hydrogen-bond donors (Lipinski definition) is 2. The van der Waals surface area contributed by atoms with E-state index in [1.54, 1.807) is 20.3 Å². The number of benzene rings is 1. The van der Waals surface area contributed by atoms with Crippen molar-refractivity contribution in [3.63, 3.8) is 0 Å². The van der Waals surface area contributed by atoms with Gasteiger partial charge in [0.1, 0.15) is 25.4 Å². The molecule has 0 unspecified atom stereocenters. The van der Waals surface area contributed by atoms with Crippen molar-refractivity contribution in [2.75, 3.05) is 40.5 Å². The number of rotatable bonds is 8.